The number of allylic oxidation sites excluding steroid dienone is 1. The molecule has 28 heavy (non-hydrogen) atoms. The third kappa shape index (κ3) is 3.55. The van der Waals surface area contributed by atoms with Gasteiger partial charge in [-0.15, -0.1) is 0 Å². The van der Waals surface area contributed by atoms with Crippen LogP contribution in [0.1, 0.15) is 36.4 Å². The molecular weight excluding hydrogens is 350 g/mol. The number of hydrogen-bond acceptors (Lipinski definition) is 4. The summed E-state index contributed by atoms with van der Waals surface area (Å²) in [5.41, 5.74) is 11.3. The summed E-state index contributed by atoms with van der Waals surface area (Å²) in [4.78, 5) is 15.7. The maximum atomic E-state index is 12.8. The number of carbonyl (C=O) groups excluding carboxylic acids is 1. The zero-order valence-corrected chi connectivity index (χ0v) is 15.5. The van der Waals surface area contributed by atoms with E-state index in [0.717, 1.165) is 36.1 Å². The van der Waals surface area contributed by atoms with Crippen LogP contribution in [0.2, 0.25) is 0 Å². The maximum Gasteiger partial charge on any atom is 0.272 e. The van der Waals surface area contributed by atoms with E-state index in [1.807, 2.05) is 48.5 Å². The van der Waals surface area contributed by atoms with Gasteiger partial charge in [-0.3, -0.25) is 4.79 Å². The smallest absolute Gasteiger partial charge is 0.270 e. The second-order valence-electron chi connectivity index (χ2n) is 7.06. The third-order valence-corrected chi connectivity index (χ3v) is 5.32. The topological polar surface area (TPSA) is 83.0 Å². The molecule has 0 saturated heterocycles. The minimum absolute atomic E-state index is 0.135. The van der Waals surface area contributed by atoms with Gasteiger partial charge in [0.2, 0.25) is 11.5 Å². The van der Waals surface area contributed by atoms with Crippen molar-refractivity contribution in [3.05, 3.63) is 77.4 Å². The highest BCUT2D eigenvalue weighted by Gasteiger charge is 2.43. The molecule has 1 amide bonds. The van der Waals surface area contributed by atoms with Crippen molar-refractivity contribution in [2.24, 2.45) is 16.1 Å². The molecule has 1 fully saturated rings. The van der Waals surface area contributed by atoms with Crippen LogP contribution in [0.3, 0.4) is 0 Å². The Morgan fingerprint density at radius 3 is 2.61 bits per heavy atom. The van der Waals surface area contributed by atoms with E-state index in [4.69, 9.17) is 10.6 Å². The van der Waals surface area contributed by atoms with Crippen LogP contribution in [0.15, 0.2) is 76.5 Å². The van der Waals surface area contributed by atoms with Crippen molar-refractivity contribution in [1.29, 1.82) is 5.53 Å². The van der Waals surface area contributed by atoms with E-state index in [-0.39, 0.29) is 24.4 Å². The standard InChI is InChI=1S/C22H22N5O/c23-26-24-15-20(28)27-22(17-10-5-2-6-11-17)19-13-7-12-18(21(19)25-27)14-16-8-3-1-4-9-16/h1-6,8-11,14,19,22-23H,7,12-13,15H2/q+1. The molecule has 2 unspecified atom stereocenters. The first kappa shape index (κ1) is 18.0. The third-order valence-electron chi connectivity index (χ3n) is 5.32. The van der Waals surface area contributed by atoms with Crippen LogP contribution >= 0.6 is 0 Å². The Labute approximate surface area is 163 Å². The van der Waals surface area contributed by atoms with Crippen LogP contribution in [-0.4, -0.2) is 23.2 Å². The van der Waals surface area contributed by atoms with Gasteiger partial charge in [0.25, 0.3) is 5.91 Å². The van der Waals surface area contributed by atoms with E-state index in [1.165, 1.54) is 5.57 Å². The number of carbonyl (C=O) groups is 1. The SMILES string of the molecule is N=[N+]=NCC(=O)N1N=C2C(=Cc3ccccc3)CCCC2C1c1ccccc1. The molecule has 2 aromatic carbocycles. The molecular formula is C22H22N5O+. The lowest BCUT2D eigenvalue weighted by Crippen LogP contribution is -2.33. The fourth-order valence-corrected chi connectivity index (χ4v) is 4.11. The molecule has 6 nitrogen and oxygen atoms in total. The summed E-state index contributed by atoms with van der Waals surface area (Å²) in [6.45, 7) is -0.159. The maximum absolute atomic E-state index is 12.8. The molecule has 1 saturated carbocycles. The van der Waals surface area contributed by atoms with Crippen LogP contribution in [-0.2, 0) is 4.79 Å². The first-order chi connectivity index (χ1) is 13.8. The van der Waals surface area contributed by atoms with Gasteiger partial charge in [-0.1, -0.05) is 60.7 Å². The Morgan fingerprint density at radius 1 is 1.18 bits per heavy atom. The molecule has 4 rings (SSSR count). The number of nitrogens with one attached hydrogen (secondary N) is 1. The average Bonchev–Trinajstić information content (AvgIpc) is 3.14. The van der Waals surface area contributed by atoms with Gasteiger partial charge in [-0.25, -0.2) is 5.01 Å². The van der Waals surface area contributed by atoms with Gasteiger partial charge in [0.1, 0.15) is 10.6 Å². The number of nitrogens with zero attached hydrogens (tertiary/aromatic N) is 4. The van der Waals surface area contributed by atoms with Crippen LogP contribution in [0.25, 0.3) is 6.08 Å². The summed E-state index contributed by atoms with van der Waals surface area (Å²) < 4.78 is 0. The van der Waals surface area contributed by atoms with E-state index in [1.54, 1.807) is 5.01 Å². The summed E-state index contributed by atoms with van der Waals surface area (Å²) in [5, 5.41) is 9.90. The van der Waals surface area contributed by atoms with Crippen molar-refractivity contribution < 1.29 is 4.79 Å². The molecule has 2 aliphatic rings. The average molecular weight is 372 g/mol. The fraction of sp³-hybridized carbons (Fsp3) is 0.273. The van der Waals surface area contributed by atoms with E-state index in [9.17, 15) is 4.79 Å². The van der Waals surface area contributed by atoms with E-state index in [2.05, 4.69) is 28.2 Å². The van der Waals surface area contributed by atoms with Crippen LogP contribution in [0.4, 0.5) is 0 Å². The van der Waals surface area contributed by atoms with Gasteiger partial charge in [0.05, 0.1) is 11.8 Å². The van der Waals surface area contributed by atoms with Crippen molar-refractivity contribution in [1.82, 2.24) is 9.92 Å². The Morgan fingerprint density at radius 2 is 1.89 bits per heavy atom. The van der Waals surface area contributed by atoms with Crippen LogP contribution < -0.4 is 4.91 Å². The molecule has 0 bridgehead atoms. The fourth-order valence-electron chi connectivity index (χ4n) is 4.11. The molecule has 6 heteroatoms. The second-order valence-corrected chi connectivity index (χ2v) is 7.06. The molecule has 0 spiro atoms. The van der Waals surface area contributed by atoms with Crippen molar-refractivity contribution >= 4 is 17.7 Å². The van der Waals surface area contributed by atoms with Crippen molar-refractivity contribution in [3.63, 3.8) is 0 Å². The molecule has 1 N–H and O–H groups in total. The highest BCUT2D eigenvalue weighted by Crippen LogP contribution is 2.44. The lowest BCUT2D eigenvalue weighted by molar-refractivity contribution is -0.132. The predicted octanol–water partition coefficient (Wildman–Crippen LogP) is 4.36. The summed E-state index contributed by atoms with van der Waals surface area (Å²) in [7, 11) is 0. The molecule has 1 aliphatic heterocycles. The van der Waals surface area contributed by atoms with E-state index < -0.39 is 0 Å². The Balaban J connectivity index is 1.74. The quantitative estimate of drug-likeness (QED) is 0.628. The Kier molecular flexibility index (Phi) is 5.22. The first-order valence-electron chi connectivity index (χ1n) is 9.52. The second kappa shape index (κ2) is 8.11. The number of hydrogen-bond donors (Lipinski definition) is 1. The molecule has 1 aliphatic carbocycles. The van der Waals surface area contributed by atoms with Crippen molar-refractivity contribution in [2.75, 3.05) is 6.54 Å². The Bertz CT molecular complexity index is 961. The van der Waals surface area contributed by atoms with Gasteiger partial charge < -0.3 is 0 Å². The van der Waals surface area contributed by atoms with Crippen LogP contribution in [0.5, 0.6) is 0 Å². The highest BCUT2D eigenvalue weighted by molar-refractivity contribution is 6.08. The van der Waals surface area contributed by atoms with Gasteiger partial charge >= 0.3 is 0 Å². The number of hydrazone groups is 1. The summed E-state index contributed by atoms with van der Waals surface area (Å²) >= 11 is 0. The number of fused-ring (bicyclic) bond motifs is 1. The van der Waals surface area contributed by atoms with Gasteiger partial charge in [0, 0.05) is 5.92 Å². The lowest BCUT2D eigenvalue weighted by atomic mass is 9.77. The van der Waals surface area contributed by atoms with Gasteiger partial charge in [-0.05, 0) is 42.0 Å². The van der Waals surface area contributed by atoms with Gasteiger partial charge in [0.15, 0.2) is 0 Å². The Hall–Kier alpha value is -3.37. The molecule has 140 valence electrons. The summed E-state index contributed by atoms with van der Waals surface area (Å²) in [6, 6.07) is 20.1. The minimum Gasteiger partial charge on any atom is -0.270 e. The monoisotopic (exact) mass is 372 g/mol. The molecule has 2 atom stereocenters. The number of amides is 1. The number of rotatable bonds is 4. The zero-order chi connectivity index (χ0) is 19.3. The van der Waals surface area contributed by atoms with E-state index >= 15 is 0 Å². The van der Waals surface area contributed by atoms with Crippen molar-refractivity contribution in [2.45, 2.75) is 25.3 Å². The molecule has 0 radical (unpaired) electrons. The molecule has 1 heterocycles. The number of benzene rings is 2. The molecule has 2 aromatic rings. The highest BCUT2D eigenvalue weighted by atomic mass is 16.2. The molecule has 0 aromatic heterocycles. The van der Waals surface area contributed by atoms with Crippen molar-refractivity contribution in [3.8, 4) is 0 Å². The largest absolute Gasteiger partial charge is 0.272 e. The summed E-state index contributed by atoms with van der Waals surface area (Å²) in [6.07, 6.45) is 5.21. The van der Waals surface area contributed by atoms with Gasteiger partial charge in [-0.2, -0.15) is 5.10 Å². The minimum atomic E-state index is -0.231. The predicted molar refractivity (Wildman–Crippen MR) is 107 cm³/mol. The normalized spacial score (nSPS) is 22.4. The lowest BCUT2D eigenvalue weighted by Gasteiger charge is -2.29. The van der Waals surface area contributed by atoms with E-state index in [0.29, 0.717) is 0 Å². The van der Waals surface area contributed by atoms with Crippen LogP contribution in [0, 0.1) is 11.4 Å². The summed E-state index contributed by atoms with van der Waals surface area (Å²) in [5.74, 6) is -0.0613. The first-order valence-corrected chi connectivity index (χ1v) is 9.52. The zero-order valence-electron chi connectivity index (χ0n) is 15.5.